The first-order valence-electron chi connectivity index (χ1n) is 8.62. The molecular weight excluding hydrogens is 433 g/mol. The van der Waals surface area contributed by atoms with Crippen molar-refractivity contribution in [3.8, 4) is 0 Å². The van der Waals surface area contributed by atoms with Crippen molar-refractivity contribution in [2.24, 2.45) is 10.1 Å². The monoisotopic (exact) mass is 451 g/mol. The lowest BCUT2D eigenvalue weighted by atomic mass is 9.97. The normalized spacial score (nSPS) is 16.5. The summed E-state index contributed by atoms with van der Waals surface area (Å²) in [5, 5.41) is 4.73. The summed E-state index contributed by atoms with van der Waals surface area (Å²) >= 11 is 9.71. The van der Waals surface area contributed by atoms with Crippen LogP contribution in [0.4, 0.5) is 10.1 Å². The van der Waals surface area contributed by atoms with E-state index in [0.717, 1.165) is 17.7 Å². The Bertz CT molecular complexity index is 916. The highest BCUT2D eigenvalue weighted by atomic mass is 79.9. The number of rotatable bonds is 5. The molecule has 0 amide bonds. The molecule has 2 aromatic carbocycles. The maximum Gasteiger partial charge on any atom is 0.158 e. The predicted molar refractivity (Wildman–Crippen MR) is 112 cm³/mol. The first-order valence-corrected chi connectivity index (χ1v) is 9.79. The van der Waals surface area contributed by atoms with Crippen LogP contribution in [-0.4, -0.2) is 30.5 Å². The molecule has 3 rings (SSSR count). The van der Waals surface area contributed by atoms with E-state index in [0.29, 0.717) is 32.9 Å². The Balaban J connectivity index is 1.81. The summed E-state index contributed by atoms with van der Waals surface area (Å²) in [6.07, 6.45) is 2.04. The number of hydrogen-bond donors (Lipinski definition) is 0. The summed E-state index contributed by atoms with van der Waals surface area (Å²) in [7, 11) is 1.95. The van der Waals surface area contributed by atoms with Gasteiger partial charge in [0.15, 0.2) is 6.10 Å². The van der Waals surface area contributed by atoms with Gasteiger partial charge in [-0.15, -0.1) is 0 Å². The zero-order valence-electron chi connectivity index (χ0n) is 15.3. The maximum absolute atomic E-state index is 13.8. The second kappa shape index (κ2) is 8.40. The SMILES string of the molecule is CCN(C)C=Nc1cc(C)c(C2CC(c3cccc(F)c3Br)=NO2)cc1Cl. The molecule has 1 unspecified atom stereocenters. The van der Waals surface area contributed by atoms with Crippen molar-refractivity contribution in [3.63, 3.8) is 0 Å². The number of nitrogens with zero attached hydrogens (tertiary/aromatic N) is 3. The van der Waals surface area contributed by atoms with Crippen LogP contribution in [0.3, 0.4) is 0 Å². The number of aryl methyl sites for hydroxylation is 1. The van der Waals surface area contributed by atoms with Gasteiger partial charge in [-0.25, -0.2) is 9.38 Å². The lowest BCUT2D eigenvalue weighted by molar-refractivity contribution is 0.0853. The van der Waals surface area contributed by atoms with Crippen LogP contribution in [0, 0.1) is 12.7 Å². The Kier molecular flexibility index (Phi) is 6.17. The number of halogens is 3. The van der Waals surface area contributed by atoms with Crippen molar-refractivity contribution in [2.75, 3.05) is 13.6 Å². The van der Waals surface area contributed by atoms with Crippen LogP contribution in [0.1, 0.15) is 36.1 Å². The van der Waals surface area contributed by atoms with E-state index in [1.807, 2.05) is 44.0 Å². The first-order chi connectivity index (χ1) is 12.9. The smallest absolute Gasteiger partial charge is 0.158 e. The summed E-state index contributed by atoms with van der Waals surface area (Å²) < 4.78 is 14.2. The molecule has 142 valence electrons. The van der Waals surface area contributed by atoms with E-state index >= 15 is 0 Å². The van der Waals surface area contributed by atoms with Gasteiger partial charge in [0.05, 0.1) is 27.2 Å². The minimum absolute atomic E-state index is 0.260. The lowest BCUT2D eigenvalue weighted by Crippen LogP contribution is -2.14. The molecule has 4 nitrogen and oxygen atoms in total. The van der Waals surface area contributed by atoms with E-state index in [1.54, 1.807) is 12.4 Å². The van der Waals surface area contributed by atoms with Crippen molar-refractivity contribution in [2.45, 2.75) is 26.4 Å². The first kappa shape index (κ1) is 19.8. The zero-order chi connectivity index (χ0) is 19.6. The third kappa shape index (κ3) is 4.33. The molecule has 0 saturated heterocycles. The molecule has 1 aliphatic rings. The summed E-state index contributed by atoms with van der Waals surface area (Å²) in [6.45, 7) is 4.91. The molecular formula is C20H20BrClFN3O. The van der Waals surface area contributed by atoms with Crippen LogP contribution in [0.25, 0.3) is 0 Å². The second-order valence-electron chi connectivity index (χ2n) is 6.42. The van der Waals surface area contributed by atoms with Crippen LogP contribution in [-0.2, 0) is 4.84 Å². The van der Waals surface area contributed by atoms with E-state index in [-0.39, 0.29) is 11.9 Å². The van der Waals surface area contributed by atoms with Gasteiger partial charge in [-0.2, -0.15) is 0 Å². The van der Waals surface area contributed by atoms with Crippen LogP contribution < -0.4 is 0 Å². The summed E-state index contributed by atoms with van der Waals surface area (Å²) in [5.41, 5.74) is 4.09. The Morgan fingerprint density at radius 2 is 2.22 bits per heavy atom. The number of aliphatic imine (C=N–C) groups is 1. The Morgan fingerprint density at radius 3 is 2.96 bits per heavy atom. The highest BCUT2D eigenvalue weighted by molar-refractivity contribution is 9.10. The fourth-order valence-electron chi connectivity index (χ4n) is 2.80. The fourth-order valence-corrected chi connectivity index (χ4v) is 3.51. The Morgan fingerprint density at radius 1 is 1.44 bits per heavy atom. The van der Waals surface area contributed by atoms with Crippen LogP contribution >= 0.6 is 27.5 Å². The molecule has 0 saturated carbocycles. The molecule has 0 N–H and O–H groups in total. The van der Waals surface area contributed by atoms with Gasteiger partial charge in [-0.05, 0) is 59.1 Å². The second-order valence-corrected chi connectivity index (χ2v) is 7.62. The van der Waals surface area contributed by atoms with Gasteiger partial charge in [-0.1, -0.05) is 28.9 Å². The van der Waals surface area contributed by atoms with Gasteiger partial charge in [-0.3, -0.25) is 0 Å². The van der Waals surface area contributed by atoms with E-state index in [2.05, 4.69) is 26.1 Å². The number of benzene rings is 2. The molecule has 7 heteroatoms. The van der Waals surface area contributed by atoms with Gasteiger partial charge in [0, 0.05) is 25.6 Å². The Labute approximate surface area is 171 Å². The minimum atomic E-state index is -0.322. The van der Waals surface area contributed by atoms with Crippen molar-refractivity contribution >= 4 is 45.3 Å². The number of oxime groups is 1. The minimum Gasteiger partial charge on any atom is -0.387 e. The van der Waals surface area contributed by atoms with Crippen LogP contribution in [0.5, 0.6) is 0 Å². The molecule has 0 spiro atoms. The third-order valence-corrected chi connectivity index (χ3v) is 5.62. The summed E-state index contributed by atoms with van der Waals surface area (Å²) in [5.74, 6) is -0.322. The van der Waals surface area contributed by atoms with E-state index < -0.39 is 0 Å². The van der Waals surface area contributed by atoms with Crippen molar-refractivity contribution in [1.29, 1.82) is 0 Å². The molecule has 0 bridgehead atoms. The molecule has 0 aliphatic carbocycles. The number of hydrogen-bond acceptors (Lipinski definition) is 3. The molecule has 1 aliphatic heterocycles. The average molecular weight is 453 g/mol. The highest BCUT2D eigenvalue weighted by Crippen LogP contribution is 2.37. The quantitative estimate of drug-likeness (QED) is 0.410. The fraction of sp³-hybridized carbons (Fsp3) is 0.300. The topological polar surface area (TPSA) is 37.2 Å². The van der Waals surface area contributed by atoms with Crippen LogP contribution in [0.15, 0.2) is 45.0 Å². The Hall–Kier alpha value is -1.92. The third-order valence-electron chi connectivity index (χ3n) is 4.51. The molecule has 27 heavy (non-hydrogen) atoms. The van der Waals surface area contributed by atoms with Crippen molar-refractivity contribution in [1.82, 2.24) is 4.90 Å². The van der Waals surface area contributed by atoms with Gasteiger partial charge in [0.25, 0.3) is 0 Å². The van der Waals surface area contributed by atoms with E-state index in [9.17, 15) is 4.39 Å². The van der Waals surface area contributed by atoms with Gasteiger partial charge in [0.2, 0.25) is 0 Å². The largest absolute Gasteiger partial charge is 0.387 e. The molecule has 1 heterocycles. The van der Waals surface area contributed by atoms with Gasteiger partial charge >= 0.3 is 0 Å². The summed E-state index contributed by atoms with van der Waals surface area (Å²) in [6, 6.07) is 8.70. The van der Waals surface area contributed by atoms with Crippen molar-refractivity contribution in [3.05, 3.63) is 62.3 Å². The highest BCUT2D eigenvalue weighted by Gasteiger charge is 2.27. The predicted octanol–water partition coefficient (Wildman–Crippen LogP) is 6.03. The lowest BCUT2D eigenvalue weighted by Gasteiger charge is -2.14. The molecule has 1 atom stereocenters. The summed E-state index contributed by atoms with van der Waals surface area (Å²) in [4.78, 5) is 12.0. The molecule has 0 aromatic heterocycles. The van der Waals surface area contributed by atoms with Gasteiger partial charge in [0.1, 0.15) is 5.82 Å². The molecule has 0 radical (unpaired) electrons. The maximum atomic E-state index is 13.8. The van der Waals surface area contributed by atoms with E-state index in [4.69, 9.17) is 16.4 Å². The van der Waals surface area contributed by atoms with E-state index in [1.165, 1.54) is 6.07 Å². The molecule has 0 fully saturated rings. The van der Waals surface area contributed by atoms with Crippen LogP contribution in [0.2, 0.25) is 5.02 Å². The standard InChI is InChI=1S/C20H20BrClFN3O/c1-4-26(3)11-24-18-8-12(2)14(9-15(18)22)19-10-17(25-27-19)13-6-5-7-16(23)20(13)21/h5-9,11,19H,4,10H2,1-3H3. The average Bonchev–Trinajstić information content (AvgIpc) is 3.13. The zero-order valence-corrected chi connectivity index (χ0v) is 17.7. The van der Waals surface area contributed by atoms with Gasteiger partial charge < -0.3 is 9.74 Å². The van der Waals surface area contributed by atoms with Crippen molar-refractivity contribution < 1.29 is 9.23 Å². The molecule has 2 aromatic rings.